The van der Waals surface area contributed by atoms with Crippen molar-refractivity contribution in [3.05, 3.63) is 89.0 Å². The Morgan fingerprint density at radius 3 is 2.21 bits per heavy atom. The van der Waals surface area contributed by atoms with Crippen molar-refractivity contribution in [2.45, 2.75) is 31.7 Å². The zero-order valence-corrected chi connectivity index (χ0v) is 25.4. The normalized spacial score (nSPS) is 11.7. The highest BCUT2D eigenvalue weighted by Crippen LogP contribution is 2.33. The summed E-state index contributed by atoms with van der Waals surface area (Å²) in [6, 6.07) is 19.8. The van der Waals surface area contributed by atoms with Crippen LogP contribution in [0.5, 0.6) is 0 Å². The average molecular weight is 587 g/mol. The minimum Gasteiger partial charge on any atom is -0.309 e. The molecule has 0 radical (unpaired) electrons. The van der Waals surface area contributed by atoms with Gasteiger partial charge in [-0.25, -0.2) is 13.4 Å². The summed E-state index contributed by atoms with van der Waals surface area (Å²) in [5.41, 5.74) is 4.51. The second-order valence-electron chi connectivity index (χ2n) is 9.74. The summed E-state index contributed by atoms with van der Waals surface area (Å²) < 4.78 is 28.7. The lowest BCUT2D eigenvalue weighted by atomic mass is 10.1. The van der Waals surface area contributed by atoms with Crippen molar-refractivity contribution in [3.63, 3.8) is 0 Å². The maximum atomic E-state index is 13.7. The fourth-order valence-electron chi connectivity index (χ4n) is 4.19. The van der Waals surface area contributed by atoms with Gasteiger partial charge in [-0.15, -0.1) is 12.4 Å². The van der Waals surface area contributed by atoms with Crippen LogP contribution in [0.4, 0.5) is 5.13 Å². The molecule has 0 spiro atoms. The number of amides is 1. The second-order valence-corrected chi connectivity index (χ2v) is 12.8. The van der Waals surface area contributed by atoms with Crippen LogP contribution in [-0.4, -0.2) is 62.7 Å². The monoisotopic (exact) mass is 586 g/mol. The van der Waals surface area contributed by atoms with Crippen molar-refractivity contribution < 1.29 is 13.2 Å². The van der Waals surface area contributed by atoms with Gasteiger partial charge in [0.25, 0.3) is 5.91 Å². The van der Waals surface area contributed by atoms with Crippen molar-refractivity contribution in [2.24, 2.45) is 0 Å². The van der Waals surface area contributed by atoms with Crippen LogP contribution in [0.2, 0.25) is 0 Å². The number of hydrogen-bond acceptors (Lipinski definition) is 6. The van der Waals surface area contributed by atoms with Crippen LogP contribution in [-0.2, 0) is 16.6 Å². The Morgan fingerprint density at radius 1 is 0.897 bits per heavy atom. The van der Waals surface area contributed by atoms with E-state index in [2.05, 4.69) is 17.9 Å². The summed E-state index contributed by atoms with van der Waals surface area (Å²) in [5.74, 6) is -0.196. The van der Waals surface area contributed by atoms with E-state index in [1.807, 2.05) is 57.4 Å². The fraction of sp³-hybridized carbons (Fsp3) is 0.310. The molecule has 1 amide bonds. The van der Waals surface area contributed by atoms with Crippen molar-refractivity contribution in [2.75, 3.05) is 39.1 Å². The minimum atomic E-state index is -3.71. The Hall–Kier alpha value is -2.82. The summed E-state index contributed by atoms with van der Waals surface area (Å²) in [6.45, 7) is 5.71. The van der Waals surface area contributed by atoms with Crippen LogP contribution >= 0.6 is 23.7 Å². The van der Waals surface area contributed by atoms with Crippen LogP contribution in [0.1, 0.15) is 33.5 Å². The molecule has 10 heteroatoms. The number of benzene rings is 3. The molecule has 208 valence electrons. The van der Waals surface area contributed by atoms with Crippen molar-refractivity contribution in [1.29, 1.82) is 0 Å². The lowest BCUT2D eigenvalue weighted by Crippen LogP contribution is -2.33. The molecule has 1 aromatic heterocycles. The van der Waals surface area contributed by atoms with Gasteiger partial charge in [-0.1, -0.05) is 47.7 Å². The van der Waals surface area contributed by atoms with Crippen molar-refractivity contribution >= 4 is 55.0 Å². The molecule has 0 bridgehead atoms. The zero-order chi connectivity index (χ0) is 27.4. The van der Waals surface area contributed by atoms with Gasteiger partial charge in [0.05, 0.1) is 15.1 Å². The Labute approximate surface area is 241 Å². The predicted molar refractivity (Wildman–Crippen MR) is 163 cm³/mol. The van der Waals surface area contributed by atoms with E-state index in [-0.39, 0.29) is 29.8 Å². The number of aryl methyl sites for hydroxylation is 2. The van der Waals surface area contributed by atoms with E-state index in [4.69, 9.17) is 4.98 Å². The summed E-state index contributed by atoms with van der Waals surface area (Å²) in [7, 11) is 1.86. The van der Waals surface area contributed by atoms with Gasteiger partial charge in [-0.05, 0) is 87.9 Å². The van der Waals surface area contributed by atoms with Gasteiger partial charge in [-0.2, -0.15) is 4.31 Å². The number of nitrogens with zero attached hydrogens (tertiary/aromatic N) is 4. The first-order chi connectivity index (χ1) is 18.1. The molecule has 0 unspecified atom stereocenters. The number of carbonyl (C=O) groups excluding carboxylic acids is 1. The van der Waals surface area contributed by atoms with E-state index < -0.39 is 10.0 Å². The van der Waals surface area contributed by atoms with E-state index in [0.29, 0.717) is 17.2 Å². The third-order valence-corrected chi connectivity index (χ3v) is 9.46. The molecule has 0 aliphatic carbocycles. The molecular formula is C29H35ClN4O3S2. The minimum absolute atomic E-state index is 0. The highest BCUT2D eigenvalue weighted by Gasteiger charge is 2.24. The molecule has 39 heavy (non-hydrogen) atoms. The highest BCUT2D eigenvalue weighted by molar-refractivity contribution is 7.89. The summed E-state index contributed by atoms with van der Waals surface area (Å²) in [5, 5.41) is 0.650. The topological polar surface area (TPSA) is 73.8 Å². The Kier molecular flexibility index (Phi) is 10.3. The van der Waals surface area contributed by atoms with Gasteiger partial charge in [0.2, 0.25) is 10.0 Å². The molecule has 0 atom stereocenters. The van der Waals surface area contributed by atoms with Gasteiger partial charge in [-0.3, -0.25) is 9.69 Å². The molecule has 0 saturated carbocycles. The largest absolute Gasteiger partial charge is 0.309 e. The second kappa shape index (κ2) is 13.0. The van der Waals surface area contributed by atoms with Crippen LogP contribution in [0.15, 0.2) is 71.6 Å². The molecule has 0 aliphatic heterocycles. The first-order valence-corrected chi connectivity index (χ1v) is 14.8. The standard InChI is InChI=1S/C29H34N4O3S2.ClH/c1-21-12-17-26-27(22(21)2)30-29(37-26)33(19-9-18-31(3)4)28(34)24-13-15-25(16-14-24)38(35,36)32(5)20-23-10-7-6-8-11-23;/h6-8,10-17H,9,18-20H2,1-5H3;1H. The van der Waals surface area contributed by atoms with Crippen molar-refractivity contribution in [3.8, 4) is 0 Å². The summed E-state index contributed by atoms with van der Waals surface area (Å²) in [6.07, 6.45) is 0.781. The van der Waals surface area contributed by atoms with Gasteiger partial charge in [0.15, 0.2) is 5.13 Å². The number of halogens is 1. The quantitative estimate of drug-likeness (QED) is 0.236. The predicted octanol–water partition coefficient (Wildman–Crippen LogP) is 5.75. The number of carbonyl (C=O) groups is 1. The molecule has 3 aromatic carbocycles. The van der Waals surface area contributed by atoms with E-state index in [1.165, 1.54) is 27.8 Å². The van der Waals surface area contributed by atoms with Crippen LogP contribution in [0.25, 0.3) is 10.2 Å². The lowest BCUT2D eigenvalue weighted by Gasteiger charge is -2.21. The first-order valence-electron chi connectivity index (χ1n) is 12.5. The molecule has 0 aliphatic rings. The summed E-state index contributed by atoms with van der Waals surface area (Å²) >= 11 is 1.50. The average Bonchev–Trinajstić information content (AvgIpc) is 3.33. The van der Waals surface area contributed by atoms with Crippen LogP contribution < -0.4 is 4.90 Å². The number of aromatic nitrogens is 1. The number of anilines is 1. The fourth-order valence-corrected chi connectivity index (χ4v) is 6.40. The number of thiazole rings is 1. The third kappa shape index (κ3) is 7.04. The maximum Gasteiger partial charge on any atom is 0.260 e. The van der Waals surface area contributed by atoms with E-state index >= 15 is 0 Å². The van der Waals surface area contributed by atoms with Gasteiger partial charge in [0, 0.05) is 25.7 Å². The number of fused-ring (bicyclic) bond motifs is 1. The van der Waals surface area contributed by atoms with Gasteiger partial charge in [0.1, 0.15) is 0 Å². The maximum absolute atomic E-state index is 13.7. The number of hydrogen-bond donors (Lipinski definition) is 0. The molecule has 0 saturated heterocycles. The zero-order valence-electron chi connectivity index (χ0n) is 22.9. The Morgan fingerprint density at radius 2 is 1.56 bits per heavy atom. The first kappa shape index (κ1) is 30.7. The highest BCUT2D eigenvalue weighted by atomic mass is 35.5. The smallest absolute Gasteiger partial charge is 0.260 e. The van der Waals surface area contributed by atoms with E-state index in [9.17, 15) is 13.2 Å². The Bertz CT molecular complexity index is 1520. The van der Waals surface area contributed by atoms with Crippen molar-refractivity contribution in [1.82, 2.24) is 14.2 Å². The number of sulfonamides is 1. The molecule has 4 rings (SSSR count). The number of rotatable bonds is 10. The van der Waals surface area contributed by atoms with Crippen LogP contribution in [0, 0.1) is 13.8 Å². The third-order valence-electron chi connectivity index (χ3n) is 6.59. The van der Waals surface area contributed by atoms with Gasteiger partial charge >= 0.3 is 0 Å². The van der Waals surface area contributed by atoms with E-state index in [0.717, 1.165) is 39.9 Å². The molecule has 0 fully saturated rings. The van der Waals surface area contributed by atoms with Gasteiger partial charge < -0.3 is 4.90 Å². The molecular weight excluding hydrogens is 552 g/mol. The SMILES string of the molecule is Cc1ccc2sc(N(CCCN(C)C)C(=O)c3ccc(S(=O)(=O)N(C)Cc4ccccc4)cc3)nc2c1C.Cl. The molecule has 0 N–H and O–H groups in total. The molecule has 7 nitrogen and oxygen atoms in total. The molecule has 4 aromatic rings. The lowest BCUT2D eigenvalue weighted by molar-refractivity contribution is 0.0986. The van der Waals surface area contributed by atoms with Crippen LogP contribution in [0.3, 0.4) is 0 Å². The molecule has 1 heterocycles. The van der Waals surface area contributed by atoms with E-state index in [1.54, 1.807) is 24.1 Å². The Balaban J connectivity index is 0.00000420. The summed E-state index contributed by atoms with van der Waals surface area (Å²) in [4.78, 5) is 22.5.